The van der Waals surface area contributed by atoms with E-state index in [4.69, 9.17) is 10.3 Å². The van der Waals surface area contributed by atoms with E-state index in [1.165, 1.54) is 11.3 Å². The van der Waals surface area contributed by atoms with Crippen molar-refractivity contribution in [1.82, 2.24) is 15.1 Å². The summed E-state index contributed by atoms with van der Waals surface area (Å²) in [6.07, 6.45) is 3.05. The molecule has 2 rings (SSSR count). The Kier molecular flexibility index (Phi) is 3.63. The molecular formula is C10H14N4OS. The van der Waals surface area contributed by atoms with Crippen LogP contribution in [0.15, 0.2) is 9.90 Å². The summed E-state index contributed by atoms with van der Waals surface area (Å²) in [6.45, 7) is 2.58. The molecule has 86 valence electrons. The van der Waals surface area contributed by atoms with E-state index in [0.717, 1.165) is 35.8 Å². The number of aromatic nitrogens is 3. The summed E-state index contributed by atoms with van der Waals surface area (Å²) < 4.78 is 5.15. The van der Waals surface area contributed by atoms with Crippen LogP contribution in [-0.4, -0.2) is 15.1 Å². The van der Waals surface area contributed by atoms with Crippen molar-refractivity contribution in [3.05, 3.63) is 16.2 Å². The fraction of sp³-hybridized carbons (Fsp3) is 0.500. The summed E-state index contributed by atoms with van der Waals surface area (Å²) in [7, 11) is 0. The standard InChI is InChI=1S/C10H14N4OS/c1-2-3-4-8-13-10(15-14-8)7-6-16-9(5-11)12-7/h6H,2-5,11H2,1H3. The first kappa shape index (κ1) is 11.2. The van der Waals surface area contributed by atoms with E-state index in [9.17, 15) is 0 Å². The van der Waals surface area contributed by atoms with Crippen LogP contribution in [0.4, 0.5) is 0 Å². The largest absolute Gasteiger partial charge is 0.332 e. The second-order valence-corrected chi connectivity index (χ2v) is 4.39. The third-order valence-electron chi connectivity index (χ3n) is 2.17. The third kappa shape index (κ3) is 2.45. The van der Waals surface area contributed by atoms with Gasteiger partial charge in [0.25, 0.3) is 5.89 Å². The molecule has 0 saturated heterocycles. The Balaban J connectivity index is 2.11. The molecule has 0 spiro atoms. The van der Waals surface area contributed by atoms with Crippen molar-refractivity contribution in [3.8, 4) is 11.6 Å². The first-order valence-electron chi connectivity index (χ1n) is 5.31. The molecule has 0 atom stereocenters. The Morgan fingerprint density at radius 1 is 1.44 bits per heavy atom. The fourth-order valence-corrected chi connectivity index (χ4v) is 1.95. The normalized spacial score (nSPS) is 10.9. The van der Waals surface area contributed by atoms with Gasteiger partial charge in [0.2, 0.25) is 0 Å². The van der Waals surface area contributed by atoms with Gasteiger partial charge in [0, 0.05) is 18.3 Å². The first-order chi connectivity index (χ1) is 7.83. The van der Waals surface area contributed by atoms with E-state index in [1.807, 2.05) is 5.38 Å². The quantitative estimate of drug-likeness (QED) is 0.861. The molecule has 0 amide bonds. The molecule has 0 radical (unpaired) electrons. The number of rotatable bonds is 5. The first-order valence-corrected chi connectivity index (χ1v) is 6.19. The topological polar surface area (TPSA) is 77.8 Å². The van der Waals surface area contributed by atoms with Gasteiger partial charge in [-0.05, 0) is 6.42 Å². The lowest BCUT2D eigenvalue weighted by Gasteiger charge is -1.87. The van der Waals surface area contributed by atoms with Crippen molar-refractivity contribution in [2.45, 2.75) is 32.7 Å². The molecule has 5 nitrogen and oxygen atoms in total. The van der Waals surface area contributed by atoms with Gasteiger partial charge in [-0.2, -0.15) is 4.98 Å². The molecular weight excluding hydrogens is 224 g/mol. The molecule has 0 saturated carbocycles. The van der Waals surface area contributed by atoms with E-state index in [1.54, 1.807) is 0 Å². The van der Waals surface area contributed by atoms with E-state index in [2.05, 4.69) is 22.0 Å². The maximum Gasteiger partial charge on any atom is 0.277 e. The van der Waals surface area contributed by atoms with E-state index in [-0.39, 0.29) is 0 Å². The van der Waals surface area contributed by atoms with Crippen LogP contribution in [0, 0.1) is 0 Å². The van der Waals surface area contributed by atoms with Crippen molar-refractivity contribution in [2.75, 3.05) is 0 Å². The number of nitrogens with zero attached hydrogens (tertiary/aromatic N) is 3. The van der Waals surface area contributed by atoms with Crippen molar-refractivity contribution in [1.29, 1.82) is 0 Å². The predicted octanol–water partition coefficient (Wildman–Crippen LogP) is 1.99. The highest BCUT2D eigenvalue weighted by molar-refractivity contribution is 7.09. The second kappa shape index (κ2) is 5.18. The van der Waals surface area contributed by atoms with Crippen LogP contribution in [-0.2, 0) is 13.0 Å². The summed E-state index contributed by atoms with van der Waals surface area (Å²) in [5.41, 5.74) is 6.22. The van der Waals surface area contributed by atoms with Gasteiger partial charge in [0.1, 0.15) is 10.7 Å². The van der Waals surface area contributed by atoms with Crippen LogP contribution < -0.4 is 5.73 Å². The van der Waals surface area contributed by atoms with Gasteiger partial charge < -0.3 is 10.3 Å². The second-order valence-electron chi connectivity index (χ2n) is 3.45. The number of hydrogen-bond donors (Lipinski definition) is 1. The molecule has 0 fully saturated rings. The average Bonchev–Trinajstić information content (AvgIpc) is 2.94. The summed E-state index contributed by atoms with van der Waals surface area (Å²) in [4.78, 5) is 8.58. The molecule has 0 aromatic carbocycles. The van der Waals surface area contributed by atoms with Gasteiger partial charge in [0.05, 0.1) is 0 Å². The molecule has 0 aliphatic rings. The van der Waals surface area contributed by atoms with Crippen molar-refractivity contribution < 1.29 is 4.52 Å². The number of hydrogen-bond acceptors (Lipinski definition) is 6. The molecule has 2 heterocycles. The van der Waals surface area contributed by atoms with Crippen molar-refractivity contribution in [3.63, 3.8) is 0 Å². The lowest BCUT2D eigenvalue weighted by Crippen LogP contribution is -1.94. The molecule has 2 aromatic rings. The number of unbranched alkanes of at least 4 members (excludes halogenated alkanes) is 1. The molecule has 0 aliphatic carbocycles. The van der Waals surface area contributed by atoms with Gasteiger partial charge in [-0.1, -0.05) is 18.5 Å². The van der Waals surface area contributed by atoms with Gasteiger partial charge in [-0.3, -0.25) is 0 Å². The van der Waals surface area contributed by atoms with Crippen LogP contribution in [0.1, 0.15) is 30.6 Å². The van der Waals surface area contributed by atoms with E-state index < -0.39 is 0 Å². The minimum absolute atomic E-state index is 0.446. The monoisotopic (exact) mass is 238 g/mol. The van der Waals surface area contributed by atoms with Gasteiger partial charge in [0.15, 0.2) is 5.82 Å². The third-order valence-corrected chi connectivity index (χ3v) is 3.04. The SMILES string of the molecule is CCCCc1noc(-c2csc(CN)n2)n1. The lowest BCUT2D eigenvalue weighted by molar-refractivity contribution is 0.420. The van der Waals surface area contributed by atoms with Crippen LogP contribution >= 0.6 is 11.3 Å². The Hall–Kier alpha value is -1.27. The number of nitrogens with two attached hydrogens (primary N) is 1. The molecule has 16 heavy (non-hydrogen) atoms. The van der Waals surface area contributed by atoms with E-state index in [0.29, 0.717) is 12.4 Å². The summed E-state index contributed by atoms with van der Waals surface area (Å²) in [5.74, 6) is 1.24. The summed E-state index contributed by atoms with van der Waals surface area (Å²) in [6, 6.07) is 0. The zero-order valence-electron chi connectivity index (χ0n) is 9.14. The number of aryl methyl sites for hydroxylation is 1. The minimum Gasteiger partial charge on any atom is -0.332 e. The number of thiazole rings is 1. The van der Waals surface area contributed by atoms with Crippen molar-refractivity contribution in [2.24, 2.45) is 5.73 Å². The van der Waals surface area contributed by atoms with Gasteiger partial charge in [-0.25, -0.2) is 4.98 Å². The van der Waals surface area contributed by atoms with Crippen molar-refractivity contribution >= 4 is 11.3 Å². The Bertz CT molecular complexity index is 451. The molecule has 0 bridgehead atoms. The molecule has 0 unspecified atom stereocenters. The Morgan fingerprint density at radius 3 is 3.00 bits per heavy atom. The Morgan fingerprint density at radius 2 is 2.31 bits per heavy atom. The van der Waals surface area contributed by atoms with Crippen LogP contribution in [0.2, 0.25) is 0 Å². The highest BCUT2D eigenvalue weighted by atomic mass is 32.1. The van der Waals surface area contributed by atoms with Crippen LogP contribution in [0.5, 0.6) is 0 Å². The smallest absolute Gasteiger partial charge is 0.277 e. The molecule has 2 aromatic heterocycles. The Labute approximate surface area is 97.7 Å². The van der Waals surface area contributed by atoms with Gasteiger partial charge >= 0.3 is 0 Å². The molecule has 2 N–H and O–H groups in total. The summed E-state index contributed by atoms with van der Waals surface area (Å²) >= 11 is 1.51. The maximum atomic E-state index is 5.49. The zero-order chi connectivity index (χ0) is 11.4. The highest BCUT2D eigenvalue weighted by Crippen LogP contribution is 2.20. The van der Waals surface area contributed by atoms with E-state index >= 15 is 0 Å². The molecule has 6 heteroatoms. The van der Waals surface area contributed by atoms with Crippen LogP contribution in [0.25, 0.3) is 11.6 Å². The molecule has 0 aliphatic heterocycles. The lowest BCUT2D eigenvalue weighted by atomic mass is 10.2. The highest BCUT2D eigenvalue weighted by Gasteiger charge is 2.11. The maximum absolute atomic E-state index is 5.49. The fourth-order valence-electron chi connectivity index (χ4n) is 1.30. The average molecular weight is 238 g/mol. The summed E-state index contributed by atoms with van der Waals surface area (Å²) in [5, 5.41) is 6.68. The zero-order valence-corrected chi connectivity index (χ0v) is 9.96. The minimum atomic E-state index is 0.446. The van der Waals surface area contributed by atoms with Crippen LogP contribution in [0.3, 0.4) is 0 Å². The predicted molar refractivity (Wildman–Crippen MR) is 61.9 cm³/mol. The van der Waals surface area contributed by atoms with Gasteiger partial charge in [-0.15, -0.1) is 11.3 Å².